The van der Waals surface area contributed by atoms with Crippen molar-refractivity contribution in [3.05, 3.63) is 29.5 Å². The molecule has 0 spiro atoms. The predicted molar refractivity (Wildman–Crippen MR) is 63.4 cm³/mol. The van der Waals surface area contributed by atoms with Crippen LogP contribution in [0.1, 0.15) is 24.1 Å². The standard InChI is InChI=1S/C12H10N2OS/c1-8-11-9(12(5-6-12)13-7-15)3-2-4-10(11)16-14-8/h2-4H,5-6H2,1H3. The summed E-state index contributed by atoms with van der Waals surface area (Å²) in [6, 6.07) is 6.12. The molecule has 1 aliphatic rings. The third-order valence-electron chi connectivity index (χ3n) is 3.15. The molecule has 2 aromatic rings. The van der Waals surface area contributed by atoms with Gasteiger partial charge in [0.05, 0.1) is 15.9 Å². The van der Waals surface area contributed by atoms with Gasteiger partial charge in [-0.1, -0.05) is 12.1 Å². The number of carbonyl (C=O) groups excluding carboxylic acids is 1. The first-order chi connectivity index (χ1) is 7.77. The Labute approximate surface area is 97.0 Å². The fourth-order valence-corrected chi connectivity index (χ4v) is 2.99. The van der Waals surface area contributed by atoms with Gasteiger partial charge < -0.3 is 0 Å². The Bertz CT molecular complexity index is 607. The number of aryl methyl sites for hydroxylation is 1. The van der Waals surface area contributed by atoms with E-state index in [2.05, 4.69) is 21.5 Å². The molecule has 0 aliphatic heterocycles. The van der Waals surface area contributed by atoms with Crippen LogP contribution >= 0.6 is 11.5 Å². The Morgan fingerprint density at radius 1 is 1.50 bits per heavy atom. The second-order valence-electron chi connectivity index (χ2n) is 4.18. The molecular weight excluding hydrogens is 220 g/mol. The zero-order valence-electron chi connectivity index (χ0n) is 8.86. The Kier molecular flexibility index (Phi) is 1.96. The number of hydrogen-bond acceptors (Lipinski definition) is 4. The van der Waals surface area contributed by atoms with Crippen LogP contribution in [-0.4, -0.2) is 10.5 Å². The first-order valence-corrected chi connectivity index (χ1v) is 5.99. The van der Waals surface area contributed by atoms with E-state index in [1.807, 2.05) is 13.0 Å². The molecule has 1 saturated carbocycles. The predicted octanol–water partition coefficient (Wildman–Crippen LogP) is 2.93. The lowest BCUT2D eigenvalue weighted by Gasteiger charge is -2.09. The average molecular weight is 230 g/mol. The Balaban J connectivity index is 2.31. The Hall–Kier alpha value is -1.51. The fraction of sp³-hybridized carbons (Fsp3) is 0.333. The van der Waals surface area contributed by atoms with Crippen LogP contribution in [-0.2, 0) is 10.3 Å². The highest BCUT2D eigenvalue weighted by Crippen LogP contribution is 2.51. The first kappa shape index (κ1) is 9.70. The Morgan fingerprint density at radius 2 is 2.31 bits per heavy atom. The highest BCUT2D eigenvalue weighted by molar-refractivity contribution is 7.13. The van der Waals surface area contributed by atoms with E-state index in [9.17, 15) is 4.79 Å². The molecule has 1 aliphatic carbocycles. The molecule has 4 heteroatoms. The van der Waals surface area contributed by atoms with Crippen molar-refractivity contribution < 1.29 is 4.79 Å². The van der Waals surface area contributed by atoms with Gasteiger partial charge in [0, 0.05) is 5.39 Å². The summed E-state index contributed by atoms with van der Waals surface area (Å²) in [7, 11) is 0. The van der Waals surface area contributed by atoms with E-state index in [4.69, 9.17) is 0 Å². The maximum absolute atomic E-state index is 10.5. The van der Waals surface area contributed by atoms with Crippen LogP contribution in [0.3, 0.4) is 0 Å². The normalized spacial score (nSPS) is 17.1. The number of rotatable bonds is 2. The molecular formula is C12H10N2OS. The maximum atomic E-state index is 10.5. The van der Waals surface area contributed by atoms with Crippen LogP contribution in [0.5, 0.6) is 0 Å². The van der Waals surface area contributed by atoms with E-state index in [1.165, 1.54) is 21.6 Å². The molecule has 0 N–H and O–H groups in total. The van der Waals surface area contributed by atoms with Gasteiger partial charge in [0.2, 0.25) is 6.08 Å². The minimum absolute atomic E-state index is 0.297. The van der Waals surface area contributed by atoms with Crippen molar-refractivity contribution in [2.24, 2.45) is 4.99 Å². The van der Waals surface area contributed by atoms with Crippen LogP contribution in [0.2, 0.25) is 0 Å². The van der Waals surface area contributed by atoms with Crippen molar-refractivity contribution in [2.75, 3.05) is 0 Å². The van der Waals surface area contributed by atoms with Gasteiger partial charge in [-0.05, 0) is 42.9 Å². The summed E-state index contributed by atoms with van der Waals surface area (Å²) in [4.78, 5) is 14.5. The zero-order chi connectivity index (χ0) is 11.2. The molecule has 0 saturated heterocycles. The molecule has 1 fully saturated rings. The topological polar surface area (TPSA) is 42.3 Å². The smallest absolute Gasteiger partial charge is 0.211 e. The van der Waals surface area contributed by atoms with E-state index < -0.39 is 0 Å². The molecule has 3 rings (SSSR count). The highest BCUT2D eigenvalue weighted by Gasteiger charge is 2.46. The molecule has 80 valence electrons. The fourth-order valence-electron chi connectivity index (χ4n) is 2.18. The van der Waals surface area contributed by atoms with E-state index >= 15 is 0 Å². The third-order valence-corrected chi connectivity index (χ3v) is 4.06. The SMILES string of the molecule is Cc1nsc2cccc(C3(N=C=O)CC3)c12. The van der Waals surface area contributed by atoms with Crippen LogP contribution in [0.15, 0.2) is 23.2 Å². The van der Waals surface area contributed by atoms with Crippen LogP contribution < -0.4 is 0 Å². The Morgan fingerprint density at radius 3 is 3.00 bits per heavy atom. The maximum Gasteiger partial charge on any atom is 0.235 e. The summed E-state index contributed by atoms with van der Waals surface area (Å²) < 4.78 is 5.53. The average Bonchev–Trinajstić information content (AvgIpc) is 2.98. The van der Waals surface area contributed by atoms with Gasteiger partial charge in [-0.15, -0.1) is 0 Å². The monoisotopic (exact) mass is 230 g/mol. The summed E-state index contributed by atoms with van der Waals surface area (Å²) in [6.07, 6.45) is 3.59. The third kappa shape index (κ3) is 1.24. The summed E-state index contributed by atoms with van der Waals surface area (Å²) >= 11 is 1.50. The molecule has 0 radical (unpaired) electrons. The van der Waals surface area contributed by atoms with Gasteiger partial charge in [-0.3, -0.25) is 0 Å². The van der Waals surface area contributed by atoms with Crippen LogP contribution in [0, 0.1) is 6.92 Å². The molecule has 1 aromatic heterocycles. The zero-order valence-corrected chi connectivity index (χ0v) is 9.67. The second-order valence-corrected chi connectivity index (χ2v) is 4.99. The lowest BCUT2D eigenvalue weighted by molar-refractivity contribution is 0.556. The van der Waals surface area contributed by atoms with Crippen molar-refractivity contribution in [1.82, 2.24) is 4.37 Å². The minimum Gasteiger partial charge on any atom is -0.211 e. The number of nitrogens with zero attached hydrogens (tertiary/aromatic N) is 2. The quantitative estimate of drug-likeness (QED) is 0.588. The molecule has 0 atom stereocenters. The molecule has 0 amide bonds. The van der Waals surface area contributed by atoms with Crippen molar-refractivity contribution in [1.29, 1.82) is 0 Å². The van der Waals surface area contributed by atoms with Gasteiger partial charge in [0.25, 0.3) is 0 Å². The van der Waals surface area contributed by atoms with Crippen molar-refractivity contribution in [3.63, 3.8) is 0 Å². The molecule has 3 nitrogen and oxygen atoms in total. The van der Waals surface area contributed by atoms with Crippen molar-refractivity contribution >= 4 is 27.7 Å². The molecule has 0 unspecified atom stereocenters. The van der Waals surface area contributed by atoms with Gasteiger partial charge in [-0.2, -0.15) is 9.37 Å². The first-order valence-electron chi connectivity index (χ1n) is 5.21. The molecule has 1 aromatic carbocycles. The van der Waals surface area contributed by atoms with Crippen molar-refractivity contribution in [3.8, 4) is 0 Å². The summed E-state index contributed by atoms with van der Waals surface area (Å²) in [6.45, 7) is 2.00. The number of benzene rings is 1. The number of hydrogen-bond donors (Lipinski definition) is 0. The largest absolute Gasteiger partial charge is 0.235 e. The van der Waals surface area contributed by atoms with Crippen LogP contribution in [0.25, 0.3) is 10.1 Å². The summed E-state index contributed by atoms with van der Waals surface area (Å²) in [5.74, 6) is 0. The van der Waals surface area contributed by atoms with E-state index in [-0.39, 0.29) is 5.54 Å². The molecule has 1 heterocycles. The van der Waals surface area contributed by atoms with Gasteiger partial charge in [0.15, 0.2) is 0 Å². The molecule has 0 bridgehead atoms. The highest BCUT2D eigenvalue weighted by atomic mass is 32.1. The van der Waals surface area contributed by atoms with Crippen molar-refractivity contribution in [2.45, 2.75) is 25.3 Å². The van der Waals surface area contributed by atoms with Gasteiger partial charge in [-0.25, -0.2) is 4.79 Å². The van der Waals surface area contributed by atoms with E-state index in [0.717, 1.165) is 24.1 Å². The number of aromatic nitrogens is 1. The van der Waals surface area contributed by atoms with Crippen LogP contribution in [0.4, 0.5) is 0 Å². The second kappa shape index (κ2) is 3.24. The number of aliphatic imine (C=N–C) groups is 1. The lowest BCUT2D eigenvalue weighted by atomic mass is 10.00. The summed E-state index contributed by atoms with van der Waals surface area (Å²) in [5.41, 5.74) is 1.87. The summed E-state index contributed by atoms with van der Waals surface area (Å²) in [5, 5.41) is 1.17. The molecule has 16 heavy (non-hydrogen) atoms. The van der Waals surface area contributed by atoms with Gasteiger partial charge in [0.1, 0.15) is 0 Å². The number of isocyanates is 1. The lowest BCUT2D eigenvalue weighted by Crippen LogP contribution is -2.02. The number of fused-ring (bicyclic) bond motifs is 1. The van der Waals surface area contributed by atoms with E-state index in [0.29, 0.717) is 0 Å². The minimum atomic E-state index is -0.297. The van der Waals surface area contributed by atoms with E-state index in [1.54, 1.807) is 6.08 Å². The van der Waals surface area contributed by atoms with Gasteiger partial charge >= 0.3 is 0 Å².